The molecule has 0 aromatic heterocycles. The van der Waals surface area contributed by atoms with E-state index in [0.29, 0.717) is 11.5 Å². The monoisotopic (exact) mass is 489 g/mol. The van der Waals surface area contributed by atoms with Crippen molar-refractivity contribution >= 4 is 39.0 Å². The zero-order valence-electron chi connectivity index (χ0n) is 18.4. The molecule has 2 N–H and O–H groups in total. The number of hydrogen-bond donors (Lipinski definition) is 2. The second-order valence-electron chi connectivity index (χ2n) is 8.74. The molecule has 2 heterocycles. The number of hydrogen-bond acceptors (Lipinski definition) is 4. The van der Waals surface area contributed by atoms with Crippen molar-refractivity contribution in [2.24, 2.45) is 0 Å². The van der Waals surface area contributed by atoms with Crippen LogP contribution in [0.25, 0.3) is 28.5 Å². The molecule has 0 unspecified atom stereocenters. The Hall–Kier alpha value is -3.18. The SMILES string of the molecule is COc1c(O)ccc2c1-c1ccc3c(c1/C(=C/c1ccc(Br)cc1)O2)C(C)=CC(C)(C)N3. The first-order valence-electron chi connectivity index (χ1n) is 10.5. The lowest BCUT2D eigenvalue weighted by molar-refractivity contribution is 0.371. The molecule has 4 nitrogen and oxygen atoms in total. The molecular weight excluding hydrogens is 466 g/mol. The van der Waals surface area contributed by atoms with Crippen molar-refractivity contribution in [2.75, 3.05) is 12.4 Å². The van der Waals surface area contributed by atoms with Gasteiger partial charge in [-0.25, -0.2) is 0 Å². The molecule has 3 aromatic carbocycles. The fourth-order valence-corrected chi connectivity index (χ4v) is 4.92. The van der Waals surface area contributed by atoms with Crippen molar-refractivity contribution in [1.82, 2.24) is 0 Å². The molecular formula is C27H24BrNO3. The number of benzene rings is 3. The number of nitrogens with one attached hydrogen (secondary N) is 1. The fraction of sp³-hybridized carbons (Fsp3) is 0.185. The van der Waals surface area contributed by atoms with Crippen LogP contribution in [0, 0.1) is 0 Å². The van der Waals surface area contributed by atoms with E-state index in [9.17, 15) is 5.11 Å². The zero-order valence-corrected chi connectivity index (χ0v) is 20.0. The molecule has 0 saturated heterocycles. The molecule has 0 saturated carbocycles. The molecule has 5 rings (SSSR count). The van der Waals surface area contributed by atoms with Crippen LogP contribution in [0.3, 0.4) is 0 Å². The summed E-state index contributed by atoms with van der Waals surface area (Å²) >= 11 is 3.50. The smallest absolute Gasteiger partial charge is 0.172 e. The number of methoxy groups -OCH3 is 1. The molecule has 2 aliphatic heterocycles. The molecule has 0 aliphatic carbocycles. The molecule has 2 aliphatic rings. The topological polar surface area (TPSA) is 50.7 Å². The maximum Gasteiger partial charge on any atom is 0.172 e. The molecule has 5 heteroatoms. The predicted octanol–water partition coefficient (Wildman–Crippen LogP) is 7.33. The molecule has 32 heavy (non-hydrogen) atoms. The van der Waals surface area contributed by atoms with Gasteiger partial charge in [-0.1, -0.05) is 40.2 Å². The van der Waals surface area contributed by atoms with Crippen LogP contribution in [0.4, 0.5) is 5.69 Å². The van der Waals surface area contributed by atoms with Gasteiger partial charge in [-0.05, 0) is 68.3 Å². The third kappa shape index (κ3) is 3.37. The fourth-order valence-electron chi connectivity index (χ4n) is 4.66. The second-order valence-corrected chi connectivity index (χ2v) is 9.65. The van der Waals surface area contributed by atoms with Crippen molar-refractivity contribution in [1.29, 1.82) is 0 Å². The summed E-state index contributed by atoms with van der Waals surface area (Å²) in [6.07, 6.45) is 4.29. The molecule has 0 spiro atoms. The van der Waals surface area contributed by atoms with E-state index >= 15 is 0 Å². The maximum atomic E-state index is 10.5. The third-order valence-corrected chi connectivity index (χ3v) is 6.37. The first kappa shape index (κ1) is 20.7. The zero-order chi connectivity index (χ0) is 22.6. The van der Waals surface area contributed by atoms with Crippen LogP contribution in [-0.2, 0) is 0 Å². The minimum Gasteiger partial charge on any atom is -0.504 e. The highest BCUT2D eigenvalue weighted by Crippen LogP contribution is 2.54. The molecule has 0 amide bonds. The molecule has 3 aromatic rings. The van der Waals surface area contributed by atoms with Gasteiger partial charge in [-0.3, -0.25) is 0 Å². The van der Waals surface area contributed by atoms with E-state index in [1.807, 2.05) is 24.3 Å². The number of halogens is 1. The van der Waals surface area contributed by atoms with Crippen molar-refractivity contribution in [3.63, 3.8) is 0 Å². The Morgan fingerprint density at radius 2 is 1.75 bits per heavy atom. The van der Waals surface area contributed by atoms with Crippen LogP contribution < -0.4 is 14.8 Å². The van der Waals surface area contributed by atoms with Crippen LogP contribution in [0.15, 0.2) is 59.1 Å². The van der Waals surface area contributed by atoms with E-state index in [0.717, 1.165) is 43.7 Å². The number of fused-ring (bicyclic) bond motifs is 5. The number of ether oxygens (including phenoxy) is 2. The number of aromatic hydroxyl groups is 1. The standard InChI is InChI=1S/C27H24BrNO3/c1-15-14-27(2,3)29-19-10-9-18-24(23(15)19)22(13-16-5-7-17(28)8-6-16)32-21-12-11-20(30)26(31-4)25(18)21/h5-14,29-30H,1-4H3/b22-13-. The molecule has 0 radical (unpaired) electrons. The normalized spacial score (nSPS) is 16.8. The quantitative estimate of drug-likeness (QED) is 0.395. The lowest BCUT2D eigenvalue weighted by Crippen LogP contribution is -2.32. The van der Waals surface area contributed by atoms with E-state index in [-0.39, 0.29) is 11.3 Å². The second kappa shape index (κ2) is 7.45. The summed E-state index contributed by atoms with van der Waals surface area (Å²) in [5.41, 5.74) is 6.93. The molecule has 162 valence electrons. The summed E-state index contributed by atoms with van der Waals surface area (Å²) in [7, 11) is 1.57. The number of allylic oxidation sites excluding steroid dienone is 1. The van der Waals surface area contributed by atoms with Gasteiger partial charge < -0.3 is 19.9 Å². The summed E-state index contributed by atoms with van der Waals surface area (Å²) in [5.74, 6) is 1.91. The maximum absolute atomic E-state index is 10.5. The summed E-state index contributed by atoms with van der Waals surface area (Å²) in [6, 6.07) is 15.7. The van der Waals surface area contributed by atoms with E-state index in [1.54, 1.807) is 19.2 Å². The van der Waals surface area contributed by atoms with Crippen LogP contribution >= 0.6 is 15.9 Å². The van der Waals surface area contributed by atoms with E-state index in [4.69, 9.17) is 9.47 Å². The molecule has 0 atom stereocenters. The van der Waals surface area contributed by atoms with Gasteiger partial charge in [0.05, 0.1) is 18.2 Å². The largest absolute Gasteiger partial charge is 0.504 e. The van der Waals surface area contributed by atoms with Crippen LogP contribution in [0.5, 0.6) is 17.2 Å². The third-order valence-electron chi connectivity index (χ3n) is 5.84. The van der Waals surface area contributed by atoms with Gasteiger partial charge in [-0.15, -0.1) is 0 Å². The van der Waals surface area contributed by atoms with Gasteiger partial charge in [-0.2, -0.15) is 0 Å². The first-order chi connectivity index (χ1) is 15.3. The summed E-state index contributed by atoms with van der Waals surface area (Å²) in [6.45, 7) is 6.45. The first-order valence-corrected chi connectivity index (χ1v) is 11.3. The van der Waals surface area contributed by atoms with E-state index < -0.39 is 0 Å². The molecule has 0 bridgehead atoms. The average Bonchev–Trinajstić information content (AvgIpc) is 2.74. The van der Waals surface area contributed by atoms with Gasteiger partial charge in [0.15, 0.2) is 11.5 Å². The van der Waals surface area contributed by atoms with Crippen molar-refractivity contribution in [3.05, 3.63) is 75.8 Å². The Bertz CT molecular complexity index is 1300. The lowest BCUT2D eigenvalue weighted by Gasteiger charge is -2.35. The van der Waals surface area contributed by atoms with Crippen molar-refractivity contribution < 1.29 is 14.6 Å². The van der Waals surface area contributed by atoms with Gasteiger partial charge >= 0.3 is 0 Å². The summed E-state index contributed by atoms with van der Waals surface area (Å²) in [4.78, 5) is 0. The number of rotatable bonds is 2. The Morgan fingerprint density at radius 1 is 1.00 bits per heavy atom. The number of phenolic OH excluding ortho intramolecular Hbond substituents is 1. The van der Waals surface area contributed by atoms with Gasteiger partial charge in [0.25, 0.3) is 0 Å². The Morgan fingerprint density at radius 3 is 2.47 bits per heavy atom. The van der Waals surface area contributed by atoms with Crippen molar-refractivity contribution in [3.8, 4) is 28.4 Å². The number of phenols is 1. The highest BCUT2D eigenvalue weighted by Gasteiger charge is 2.33. The number of anilines is 1. The van der Waals surface area contributed by atoms with E-state index in [1.165, 1.54) is 5.57 Å². The van der Waals surface area contributed by atoms with Gasteiger partial charge in [0.1, 0.15) is 11.5 Å². The predicted molar refractivity (Wildman–Crippen MR) is 134 cm³/mol. The highest BCUT2D eigenvalue weighted by molar-refractivity contribution is 9.10. The Balaban J connectivity index is 1.83. The average molecular weight is 490 g/mol. The highest BCUT2D eigenvalue weighted by atomic mass is 79.9. The Kier molecular flexibility index (Phi) is 4.82. The van der Waals surface area contributed by atoms with Gasteiger partial charge in [0, 0.05) is 26.9 Å². The van der Waals surface area contributed by atoms with Crippen LogP contribution in [0.2, 0.25) is 0 Å². The van der Waals surface area contributed by atoms with Crippen molar-refractivity contribution in [2.45, 2.75) is 26.3 Å². The summed E-state index contributed by atoms with van der Waals surface area (Å²) < 4.78 is 13.1. The minimum atomic E-state index is -0.149. The Labute approximate surface area is 196 Å². The van der Waals surface area contributed by atoms with E-state index in [2.05, 4.69) is 66.3 Å². The lowest BCUT2D eigenvalue weighted by atomic mass is 9.83. The van der Waals surface area contributed by atoms with Crippen LogP contribution in [0.1, 0.15) is 37.5 Å². The summed E-state index contributed by atoms with van der Waals surface area (Å²) in [5, 5.41) is 14.1. The minimum absolute atomic E-state index is 0.0883. The molecule has 0 fully saturated rings. The van der Waals surface area contributed by atoms with Crippen LogP contribution in [-0.4, -0.2) is 17.8 Å². The van der Waals surface area contributed by atoms with Gasteiger partial charge in [0.2, 0.25) is 0 Å².